The predicted octanol–water partition coefficient (Wildman–Crippen LogP) is 5.50. The maximum atomic E-state index is 15.8. The summed E-state index contributed by atoms with van der Waals surface area (Å²) in [7, 11) is 1.37. The molecule has 3 aliphatic rings. The third-order valence-corrected chi connectivity index (χ3v) is 7.68. The Hall–Kier alpha value is -2.56. The van der Waals surface area contributed by atoms with Crippen molar-refractivity contribution in [3.8, 4) is 0 Å². The largest absolute Gasteiger partial charge is 0.465 e. The molecule has 3 aliphatic carbocycles. The number of benzene rings is 1. The maximum Gasteiger partial charge on any atom is 0.337 e. The minimum absolute atomic E-state index is 0.156. The average molecular weight is 409 g/mol. The molecule has 0 spiro atoms. The number of allylic oxidation sites excluding steroid dienone is 2. The van der Waals surface area contributed by atoms with Gasteiger partial charge in [0, 0.05) is 12.1 Å². The molecule has 0 bridgehead atoms. The molecule has 5 heteroatoms. The first-order valence-corrected chi connectivity index (χ1v) is 10.6. The predicted molar refractivity (Wildman–Crippen MR) is 110 cm³/mol. The van der Waals surface area contributed by atoms with Crippen molar-refractivity contribution in [3.05, 3.63) is 70.8 Å². The van der Waals surface area contributed by atoms with Crippen molar-refractivity contribution in [2.24, 2.45) is 17.3 Å². The van der Waals surface area contributed by atoms with Gasteiger partial charge in [-0.25, -0.2) is 13.6 Å². The number of halogens is 2. The third-order valence-electron chi connectivity index (χ3n) is 7.68. The number of rotatable bonds is 2. The van der Waals surface area contributed by atoms with Gasteiger partial charge in [0.25, 0.3) is 0 Å². The number of hydrogen-bond acceptors (Lipinski definition) is 3. The minimum Gasteiger partial charge on any atom is -0.465 e. The molecule has 1 saturated carbocycles. The normalized spacial score (nSPS) is 31.9. The first-order chi connectivity index (χ1) is 14.4. The van der Waals surface area contributed by atoms with Crippen LogP contribution in [0.2, 0.25) is 0 Å². The van der Waals surface area contributed by atoms with Crippen LogP contribution in [0.3, 0.4) is 0 Å². The lowest BCUT2D eigenvalue weighted by atomic mass is 9.53. The van der Waals surface area contributed by atoms with Crippen LogP contribution in [0.15, 0.2) is 42.7 Å². The van der Waals surface area contributed by atoms with E-state index in [1.165, 1.54) is 19.4 Å². The van der Waals surface area contributed by atoms with Crippen molar-refractivity contribution >= 4 is 11.5 Å². The zero-order valence-corrected chi connectivity index (χ0v) is 17.2. The van der Waals surface area contributed by atoms with Crippen LogP contribution in [-0.2, 0) is 11.2 Å². The van der Waals surface area contributed by atoms with Crippen LogP contribution in [0.4, 0.5) is 8.78 Å². The van der Waals surface area contributed by atoms with Crippen LogP contribution in [0, 0.1) is 23.1 Å². The second kappa shape index (κ2) is 7.00. The number of esters is 1. The van der Waals surface area contributed by atoms with E-state index in [1.54, 1.807) is 12.3 Å². The number of methoxy groups -OCH3 is 1. The Balaban J connectivity index is 1.49. The smallest absolute Gasteiger partial charge is 0.337 e. The van der Waals surface area contributed by atoms with Gasteiger partial charge in [-0.1, -0.05) is 19.1 Å². The van der Waals surface area contributed by atoms with Gasteiger partial charge in [-0.2, -0.15) is 0 Å². The monoisotopic (exact) mass is 409 g/mol. The number of hydrogen-bond donors (Lipinski definition) is 0. The quantitative estimate of drug-likeness (QED) is 0.615. The van der Waals surface area contributed by atoms with E-state index in [2.05, 4.69) is 18.0 Å². The molecule has 156 valence electrons. The van der Waals surface area contributed by atoms with Crippen LogP contribution in [0.5, 0.6) is 0 Å². The highest BCUT2D eigenvalue weighted by molar-refractivity contribution is 5.89. The minimum atomic E-state index is -0.984. The lowest BCUT2D eigenvalue weighted by Crippen LogP contribution is -2.46. The molecule has 1 fully saturated rings. The molecule has 5 atom stereocenters. The van der Waals surface area contributed by atoms with Gasteiger partial charge in [0.1, 0.15) is 12.0 Å². The van der Waals surface area contributed by atoms with E-state index >= 15 is 4.39 Å². The SMILES string of the molecule is COC(=O)c1ccc2c(c1)CCC1C2C(F)CC2(C)C(c3cncc(F)c3)=CCC12. The lowest BCUT2D eigenvalue weighted by Gasteiger charge is -2.51. The lowest BCUT2D eigenvalue weighted by molar-refractivity contribution is 0.0237. The van der Waals surface area contributed by atoms with Gasteiger partial charge in [-0.15, -0.1) is 0 Å². The number of pyridine rings is 1. The topological polar surface area (TPSA) is 39.2 Å². The van der Waals surface area contributed by atoms with Crippen molar-refractivity contribution in [2.75, 3.05) is 7.11 Å². The summed E-state index contributed by atoms with van der Waals surface area (Å²) < 4.78 is 34.4. The standard InChI is InChI=1S/C25H25F2NO2/c1-25-11-22(27)23-18-5-4-15(24(29)30-2)9-14(18)3-6-19(23)21(25)8-7-20(25)16-10-17(26)13-28-12-16/h4-5,7,9-10,12-13,19,21-23H,3,6,8,11H2,1-2H3. The van der Waals surface area contributed by atoms with Crippen LogP contribution in [0.25, 0.3) is 5.57 Å². The molecule has 0 N–H and O–H groups in total. The Morgan fingerprint density at radius 3 is 2.87 bits per heavy atom. The second-order valence-corrected chi connectivity index (χ2v) is 9.12. The van der Waals surface area contributed by atoms with Gasteiger partial charge in [-0.3, -0.25) is 4.98 Å². The summed E-state index contributed by atoms with van der Waals surface area (Å²) in [6.07, 6.45) is 7.10. The third kappa shape index (κ3) is 2.82. The highest BCUT2D eigenvalue weighted by atomic mass is 19.1. The molecule has 0 amide bonds. The van der Waals surface area contributed by atoms with E-state index in [0.717, 1.165) is 41.5 Å². The van der Waals surface area contributed by atoms with Gasteiger partial charge >= 0.3 is 5.97 Å². The first-order valence-electron chi connectivity index (χ1n) is 10.6. The molecule has 3 nitrogen and oxygen atoms in total. The highest BCUT2D eigenvalue weighted by Gasteiger charge is 2.55. The first kappa shape index (κ1) is 19.4. The van der Waals surface area contributed by atoms with Crippen LogP contribution in [0.1, 0.15) is 59.2 Å². The number of fused-ring (bicyclic) bond motifs is 5. The van der Waals surface area contributed by atoms with E-state index in [1.807, 2.05) is 12.1 Å². The summed E-state index contributed by atoms with van der Waals surface area (Å²) in [6.45, 7) is 2.14. The molecule has 5 unspecified atom stereocenters. The molecular formula is C25H25F2NO2. The van der Waals surface area contributed by atoms with Gasteiger partial charge in [0.2, 0.25) is 0 Å². The summed E-state index contributed by atoms with van der Waals surface area (Å²) in [6, 6.07) is 7.06. The summed E-state index contributed by atoms with van der Waals surface area (Å²) >= 11 is 0. The van der Waals surface area contributed by atoms with E-state index < -0.39 is 6.17 Å². The van der Waals surface area contributed by atoms with E-state index in [0.29, 0.717) is 17.9 Å². The van der Waals surface area contributed by atoms with Crippen molar-refractivity contribution < 1.29 is 18.3 Å². The van der Waals surface area contributed by atoms with Gasteiger partial charge in [-0.05, 0) is 83.4 Å². The van der Waals surface area contributed by atoms with Crippen LogP contribution in [-0.4, -0.2) is 24.2 Å². The van der Waals surface area contributed by atoms with Crippen molar-refractivity contribution in [2.45, 2.75) is 44.7 Å². The van der Waals surface area contributed by atoms with Crippen LogP contribution >= 0.6 is 0 Å². The maximum absolute atomic E-state index is 15.8. The van der Waals surface area contributed by atoms with E-state index in [-0.39, 0.29) is 29.0 Å². The van der Waals surface area contributed by atoms with Gasteiger partial charge < -0.3 is 4.74 Å². The fourth-order valence-electron chi connectivity index (χ4n) is 6.42. The molecule has 0 saturated heterocycles. The Kier molecular flexibility index (Phi) is 4.53. The number of aryl methyl sites for hydroxylation is 1. The Morgan fingerprint density at radius 2 is 2.10 bits per heavy atom. The Labute approximate surface area is 175 Å². The van der Waals surface area contributed by atoms with Gasteiger partial charge in [0.15, 0.2) is 0 Å². The molecule has 2 aromatic rings. The Bertz CT molecular complexity index is 1050. The average Bonchev–Trinajstić information content (AvgIpc) is 3.09. The van der Waals surface area contributed by atoms with Gasteiger partial charge in [0.05, 0.1) is 18.9 Å². The summed E-state index contributed by atoms with van der Waals surface area (Å²) in [5.74, 6) is -0.330. The highest BCUT2D eigenvalue weighted by Crippen LogP contribution is 2.63. The molecule has 0 aliphatic heterocycles. The van der Waals surface area contributed by atoms with Crippen LogP contribution < -0.4 is 0 Å². The summed E-state index contributed by atoms with van der Waals surface area (Å²) in [4.78, 5) is 15.9. The number of ether oxygens (including phenoxy) is 1. The molecule has 0 radical (unpaired) electrons. The fraction of sp³-hybridized carbons (Fsp3) is 0.440. The zero-order valence-electron chi connectivity index (χ0n) is 17.2. The number of aromatic nitrogens is 1. The zero-order chi connectivity index (χ0) is 21.0. The summed E-state index contributed by atoms with van der Waals surface area (Å²) in [5, 5.41) is 0. The molecule has 1 heterocycles. The Morgan fingerprint density at radius 1 is 1.27 bits per heavy atom. The number of nitrogens with zero attached hydrogens (tertiary/aromatic N) is 1. The van der Waals surface area contributed by atoms with Crippen molar-refractivity contribution in [3.63, 3.8) is 0 Å². The number of carbonyl (C=O) groups excluding carboxylic acids is 1. The molecular weight excluding hydrogens is 384 g/mol. The van der Waals surface area contributed by atoms with E-state index in [4.69, 9.17) is 4.74 Å². The fourth-order valence-corrected chi connectivity index (χ4v) is 6.42. The second-order valence-electron chi connectivity index (χ2n) is 9.12. The molecule has 30 heavy (non-hydrogen) atoms. The summed E-state index contributed by atoms with van der Waals surface area (Å²) in [5.41, 5.74) is 4.10. The number of alkyl halides is 1. The number of carbonyl (C=O) groups is 1. The van der Waals surface area contributed by atoms with Crippen molar-refractivity contribution in [1.82, 2.24) is 4.98 Å². The van der Waals surface area contributed by atoms with E-state index in [9.17, 15) is 9.18 Å². The van der Waals surface area contributed by atoms with Crippen molar-refractivity contribution in [1.29, 1.82) is 0 Å². The molecule has 5 rings (SSSR count). The molecule has 1 aromatic carbocycles. The molecule has 1 aromatic heterocycles.